The number of para-hydroxylation sites is 2. The van der Waals surface area contributed by atoms with Crippen LogP contribution in [0.25, 0.3) is 61.0 Å². The molecule has 0 saturated heterocycles. The highest BCUT2D eigenvalue weighted by atomic mass is 15.0. The van der Waals surface area contributed by atoms with E-state index in [4.69, 9.17) is 4.98 Å². The van der Waals surface area contributed by atoms with E-state index < -0.39 is 5.41 Å². The van der Waals surface area contributed by atoms with Crippen molar-refractivity contribution in [2.75, 3.05) is 0 Å². The van der Waals surface area contributed by atoms with Gasteiger partial charge >= 0.3 is 0 Å². The molecule has 0 amide bonds. The molecule has 0 N–H and O–H groups in total. The van der Waals surface area contributed by atoms with Crippen molar-refractivity contribution < 1.29 is 0 Å². The lowest BCUT2D eigenvalue weighted by molar-refractivity contribution is 0.790. The summed E-state index contributed by atoms with van der Waals surface area (Å²) in [6.07, 6.45) is 5.88. The van der Waals surface area contributed by atoms with Crippen LogP contribution in [0.15, 0.2) is 152 Å². The molecular formula is C41H25N3. The van der Waals surface area contributed by atoms with Crippen LogP contribution in [0.1, 0.15) is 22.3 Å². The first-order valence-corrected chi connectivity index (χ1v) is 15.1. The van der Waals surface area contributed by atoms with Gasteiger partial charge in [0.2, 0.25) is 0 Å². The van der Waals surface area contributed by atoms with Gasteiger partial charge in [0.15, 0.2) is 0 Å². The molecule has 10 rings (SSSR count). The van der Waals surface area contributed by atoms with E-state index in [1.165, 1.54) is 77.6 Å². The molecule has 1 spiro atoms. The maximum absolute atomic E-state index is 4.89. The second-order valence-electron chi connectivity index (χ2n) is 11.8. The van der Waals surface area contributed by atoms with Gasteiger partial charge in [0, 0.05) is 46.2 Å². The van der Waals surface area contributed by atoms with E-state index in [0.717, 1.165) is 5.69 Å². The lowest BCUT2D eigenvalue weighted by atomic mass is 9.71. The quantitative estimate of drug-likeness (QED) is 0.211. The van der Waals surface area contributed by atoms with Gasteiger partial charge in [-0.3, -0.25) is 9.97 Å². The minimum absolute atomic E-state index is 0.403. The van der Waals surface area contributed by atoms with Gasteiger partial charge in [0.05, 0.1) is 22.1 Å². The number of nitrogens with zero attached hydrogens (tertiary/aromatic N) is 3. The van der Waals surface area contributed by atoms with Gasteiger partial charge in [-0.05, 0) is 87.5 Å². The average Bonchev–Trinajstić information content (AvgIpc) is 3.70. The lowest BCUT2D eigenvalue weighted by Gasteiger charge is -2.30. The molecule has 204 valence electrons. The van der Waals surface area contributed by atoms with E-state index in [1.54, 1.807) is 0 Å². The summed E-state index contributed by atoms with van der Waals surface area (Å²) >= 11 is 0. The summed E-state index contributed by atoms with van der Waals surface area (Å²) in [5.74, 6) is 0. The monoisotopic (exact) mass is 559 g/mol. The number of hydrogen-bond acceptors (Lipinski definition) is 2. The van der Waals surface area contributed by atoms with Gasteiger partial charge in [0.1, 0.15) is 0 Å². The fourth-order valence-electron chi connectivity index (χ4n) is 8.03. The number of aromatic nitrogens is 3. The van der Waals surface area contributed by atoms with Crippen LogP contribution < -0.4 is 0 Å². The van der Waals surface area contributed by atoms with E-state index in [9.17, 15) is 0 Å². The van der Waals surface area contributed by atoms with Crippen molar-refractivity contribution in [3.8, 4) is 39.2 Å². The van der Waals surface area contributed by atoms with Crippen molar-refractivity contribution in [3.63, 3.8) is 0 Å². The van der Waals surface area contributed by atoms with Crippen molar-refractivity contribution in [1.29, 1.82) is 0 Å². The molecule has 0 aliphatic heterocycles. The van der Waals surface area contributed by atoms with Crippen molar-refractivity contribution in [3.05, 3.63) is 174 Å². The molecule has 0 bridgehead atoms. The Balaban J connectivity index is 1.21. The van der Waals surface area contributed by atoms with Crippen LogP contribution in [-0.4, -0.2) is 14.5 Å². The number of benzene rings is 5. The van der Waals surface area contributed by atoms with Crippen LogP contribution in [0, 0.1) is 0 Å². The average molecular weight is 560 g/mol. The molecule has 0 radical (unpaired) electrons. The molecule has 2 aliphatic carbocycles. The van der Waals surface area contributed by atoms with Crippen molar-refractivity contribution in [2.24, 2.45) is 0 Å². The highest BCUT2D eigenvalue weighted by molar-refractivity contribution is 6.10. The number of rotatable bonds is 2. The predicted octanol–water partition coefficient (Wildman–Crippen LogP) is 9.58. The molecule has 1 atom stereocenters. The Morgan fingerprint density at radius 2 is 1.20 bits per heavy atom. The molecule has 3 heteroatoms. The maximum atomic E-state index is 4.89. The third-order valence-electron chi connectivity index (χ3n) is 9.76. The zero-order chi connectivity index (χ0) is 28.8. The highest BCUT2D eigenvalue weighted by Crippen LogP contribution is 2.62. The lowest BCUT2D eigenvalue weighted by Crippen LogP contribution is -2.25. The second-order valence-corrected chi connectivity index (χ2v) is 11.8. The number of fused-ring (bicyclic) bond motifs is 13. The number of hydrogen-bond donors (Lipinski definition) is 0. The molecule has 3 heterocycles. The Hall–Kier alpha value is -5.80. The van der Waals surface area contributed by atoms with Crippen LogP contribution >= 0.6 is 0 Å². The van der Waals surface area contributed by atoms with Gasteiger partial charge < -0.3 is 4.57 Å². The van der Waals surface area contributed by atoms with Gasteiger partial charge in [-0.1, -0.05) is 84.9 Å². The Morgan fingerprint density at radius 3 is 2.16 bits per heavy atom. The van der Waals surface area contributed by atoms with Crippen LogP contribution in [0.5, 0.6) is 0 Å². The molecule has 2 aliphatic rings. The molecule has 0 fully saturated rings. The van der Waals surface area contributed by atoms with Crippen molar-refractivity contribution >= 4 is 21.8 Å². The summed E-state index contributed by atoms with van der Waals surface area (Å²) in [7, 11) is 0. The summed E-state index contributed by atoms with van der Waals surface area (Å²) in [5.41, 5.74) is 15.4. The predicted molar refractivity (Wildman–Crippen MR) is 178 cm³/mol. The van der Waals surface area contributed by atoms with Gasteiger partial charge in [-0.2, -0.15) is 0 Å². The molecule has 1 unspecified atom stereocenters. The van der Waals surface area contributed by atoms with Gasteiger partial charge in [0.25, 0.3) is 0 Å². The minimum Gasteiger partial charge on any atom is -0.309 e. The highest BCUT2D eigenvalue weighted by Gasteiger charge is 2.52. The molecular weight excluding hydrogens is 534 g/mol. The van der Waals surface area contributed by atoms with Gasteiger partial charge in [-0.15, -0.1) is 0 Å². The number of pyridine rings is 2. The largest absolute Gasteiger partial charge is 0.309 e. The SMILES string of the molecule is c1ccc(-n2c3ccccc3c3cc(-c4ccc5c(c4)-c4cnccc4C54c5ccccc5-c5ncccc54)ccc32)cc1. The molecule has 3 aromatic heterocycles. The zero-order valence-corrected chi connectivity index (χ0v) is 23.8. The van der Waals surface area contributed by atoms with Gasteiger partial charge in [-0.25, -0.2) is 0 Å². The third-order valence-corrected chi connectivity index (χ3v) is 9.76. The van der Waals surface area contributed by atoms with E-state index in [2.05, 4.69) is 143 Å². The van der Waals surface area contributed by atoms with Crippen LogP contribution in [-0.2, 0) is 5.41 Å². The first kappa shape index (κ1) is 23.7. The van der Waals surface area contributed by atoms with Crippen LogP contribution in [0.4, 0.5) is 0 Å². The molecule has 5 aromatic carbocycles. The Labute approximate surface area is 254 Å². The fraction of sp³-hybridized carbons (Fsp3) is 0.0244. The Bertz CT molecular complexity index is 2410. The Kier molecular flexibility index (Phi) is 4.65. The normalized spacial score (nSPS) is 15.8. The maximum Gasteiger partial charge on any atom is 0.0753 e. The summed E-state index contributed by atoms with van der Waals surface area (Å²) in [6, 6.07) is 48.6. The van der Waals surface area contributed by atoms with Crippen molar-refractivity contribution in [2.45, 2.75) is 5.41 Å². The van der Waals surface area contributed by atoms with Crippen LogP contribution in [0.2, 0.25) is 0 Å². The van der Waals surface area contributed by atoms with Crippen LogP contribution in [0.3, 0.4) is 0 Å². The first-order valence-electron chi connectivity index (χ1n) is 15.1. The van der Waals surface area contributed by atoms with Crippen molar-refractivity contribution in [1.82, 2.24) is 14.5 Å². The first-order chi connectivity index (χ1) is 21.8. The van der Waals surface area contributed by atoms with E-state index in [1.807, 2.05) is 18.6 Å². The standard InChI is InChI=1S/C41H25N3/c1-2-9-28(10-3-1)44-38-15-7-5-11-29(38)32-24-27(17-19-39(32)44)26-16-18-35-31(23-26)33-25-42-22-20-36(33)41(35)34-13-6-4-12-30(34)40-37(41)14-8-21-43-40/h1-25H. The summed E-state index contributed by atoms with van der Waals surface area (Å²) in [6.45, 7) is 0. The topological polar surface area (TPSA) is 30.7 Å². The summed E-state index contributed by atoms with van der Waals surface area (Å²) < 4.78 is 2.37. The molecule has 8 aromatic rings. The zero-order valence-electron chi connectivity index (χ0n) is 23.8. The van der Waals surface area contributed by atoms with E-state index in [0.29, 0.717) is 0 Å². The molecule has 0 saturated carbocycles. The smallest absolute Gasteiger partial charge is 0.0753 e. The summed E-state index contributed by atoms with van der Waals surface area (Å²) in [4.78, 5) is 9.50. The third kappa shape index (κ3) is 2.91. The molecule has 3 nitrogen and oxygen atoms in total. The Morgan fingerprint density at radius 1 is 0.477 bits per heavy atom. The molecule has 44 heavy (non-hydrogen) atoms. The fourth-order valence-corrected chi connectivity index (χ4v) is 8.03. The van der Waals surface area contributed by atoms with E-state index in [-0.39, 0.29) is 0 Å². The second kappa shape index (κ2) is 8.62. The summed E-state index contributed by atoms with van der Waals surface area (Å²) in [5, 5.41) is 2.51. The minimum atomic E-state index is -0.403. The van der Waals surface area contributed by atoms with E-state index >= 15 is 0 Å².